The van der Waals surface area contributed by atoms with Crippen LogP contribution in [-0.2, 0) is 22.6 Å². The van der Waals surface area contributed by atoms with Gasteiger partial charge >= 0.3 is 0 Å². The molecule has 0 saturated carbocycles. The molecule has 3 rings (SSSR count). The zero-order chi connectivity index (χ0) is 18.4. The van der Waals surface area contributed by atoms with Crippen LogP contribution < -0.4 is 0 Å². The van der Waals surface area contributed by atoms with E-state index in [1.54, 1.807) is 18.0 Å². The highest BCUT2D eigenvalue weighted by Gasteiger charge is 2.28. The third-order valence-corrected chi connectivity index (χ3v) is 4.53. The molecule has 0 bridgehead atoms. The molecule has 1 aliphatic rings. The van der Waals surface area contributed by atoms with Gasteiger partial charge in [0, 0.05) is 33.2 Å². The summed E-state index contributed by atoms with van der Waals surface area (Å²) in [6, 6.07) is 19.7. The predicted molar refractivity (Wildman–Crippen MR) is 99.1 cm³/mol. The number of ether oxygens (including phenoxy) is 1. The first kappa shape index (κ1) is 18.1. The number of hydrogen-bond donors (Lipinski definition) is 0. The molecule has 134 valence electrons. The van der Waals surface area contributed by atoms with Crippen molar-refractivity contribution in [2.24, 2.45) is 0 Å². The van der Waals surface area contributed by atoms with Gasteiger partial charge in [-0.25, -0.2) is 0 Å². The lowest BCUT2D eigenvalue weighted by Gasteiger charge is -2.34. The predicted octanol–water partition coefficient (Wildman–Crippen LogP) is 2.42. The topological polar surface area (TPSA) is 56.6 Å². The first-order chi connectivity index (χ1) is 12.7. The summed E-state index contributed by atoms with van der Waals surface area (Å²) in [5.74, 6) is -0.0230. The minimum atomic E-state index is -0.448. The third kappa shape index (κ3) is 4.69. The van der Waals surface area contributed by atoms with E-state index in [-0.39, 0.29) is 5.91 Å². The van der Waals surface area contributed by atoms with Crippen molar-refractivity contribution in [3.63, 3.8) is 0 Å². The average Bonchev–Trinajstić information content (AvgIpc) is 2.68. The van der Waals surface area contributed by atoms with Crippen LogP contribution in [0.2, 0.25) is 0 Å². The molecular formula is C21H23N3O2. The summed E-state index contributed by atoms with van der Waals surface area (Å²) in [7, 11) is 1.78. The van der Waals surface area contributed by atoms with Crippen molar-refractivity contribution in [2.75, 3.05) is 26.7 Å². The lowest BCUT2D eigenvalue weighted by atomic mass is 10.1. The zero-order valence-corrected chi connectivity index (χ0v) is 15.0. The quantitative estimate of drug-likeness (QED) is 0.832. The van der Waals surface area contributed by atoms with Gasteiger partial charge in [0.2, 0.25) is 0 Å². The van der Waals surface area contributed by atoms with E-state index in [2.05, 4.69) is 23.1 Å². The smallest absolute Gasteiger partial charge is 0.253 e. The fraction of sp³-hybridized carbons (Fsp3) is 0.333. The van der Waals surface area contributed by atoms with Crippen molar-refractivity contribution in [1.82, 2.24) is 9.80 Å². The Hall–Kier alpha value is -2.68. The molecular weight excluding hydrogens is 326 g/mol. The van der Waals surface area contributed by atoms with Crippen LogP contribution in [0.3, 0.4) is 0 Å². The van der Waals surface area contributed by atoms with Crippen LogP contribution in [0.5, 0.6) is 0 Å². The van der Waals surface area contributed by atoms with Crippen LogP contribution in [0.25, 0.3) is 0 Å². The highest BCUT2D eigenvalue weighted by molar-refractivity contribution is 5.81. The molecule has 0 N–H and O–H groups in total. The Kier molecular flexibility index (Phi) is 6.00. The van der Waals surface area contributed by atoms with Crippen molar-refractivity contribution < 1.29 is 9.53 Å². The third-order valence-electron chi connectivity index (χ3n) is 4.53. The summed E-state index contributed by atoms with van der Waals surface area (Å²) in [5, 5.41) is 9.00. The van der Waals surface area contributed by atoms with Gasteiger partial charge < -0.3 is 9.64 Å². The van der Waals surface area contributed by atoms with E-state index >= 15 is 0 Å². The highest BCUT2D eigenvalue weighted by Crippen LogP contribution is 2.14. The number of hydrogen-bond acceptors (Lipinski definition) is 4. The van der Waals surface area contributed by atoms with Crippen LogP contribution >= 0.6 is 0 Å². The van der Waals surface area contributed by atoms with Gasteiger partial charge in [0.15, 0.2) is 0 Å². The lowest BCUT2D eigenvalue weighted by molar-refractivity contribution is -0.148. The molecule has 1 unspecified atom stereocenters. The number of likely N-dealkylation sites (N-methyl/N-ethyl adjacent to an activating group) is 1. The zero-order valence-electron chi connectivity index (χ0n) is 15.0. The maximum absolute atomic E-state index is 12.8. The van der Waals surface area contributed by atoms with E-state index in [0.717, 1.165) is 18.7 Å². The summed E-state index contributed by atoms with van der Waals surface area (Å²) in [5.41, 5.74) is 2.78. The minimum Gasteiger partial charge on any atom is -0.366 e. The molecule has 26 heavy (non-hydrogen) atoms. The van der Waals surface area contributed by atoms with Crippen molar-refractivity contribution >= 4 is 5.91 Å². The molecule has 1 fully saturated rings. The van der Waals surface area contributed by atoms with Gasteiger partial charge in [-0.05, 0) is 23.3 Å². The number of amides is 1. The van der Waals surface area contributed by atoms with E-state index in [1.165, 1.54) is 5.56 Å². The Morgan fingerprint density at radius 2 is 2.00 bits per heavy atom. The van der Waals surface area contributed by atoms with Gasteiger partial charge in [-0.3, -0.25) is 9.69 Å². The molecule has 5 nitrogen and oxygen atoms in total. The normalized spacial score (nSPS) is 17.5. The van der Waals surface area contributed by atoms with E-state index in [9.17, 15) is 4.79 Å². The Morgan fingerprint density at radius 1 is 1.23 bits per heavy atom. The molecule has 1 amide bonds. The number of rotatable bonds is 5. The maximum atomic E-state index is 12.8. The standard InChI is InChI=1S/C21H23N3O2/c1-23(14-19-9-5-8-18(12-19)13-22)21(25)20-16-24(10-11-26-20)15-17-6-3-2-4-7-17/h2-9,12,20H,10-11,14-16H2,1H3. The molecule has 0 aliphatic carbocycles. The maximum Gasteiger partial charge on any atom is 0.253 e. The van der Waals surface area contributed by atoms with Crippen molar-refractivity contribution in [3.05, 3.63) is 71.3 Å². The van der Waals surface area contributed by atoms with Crippen molar-refractivity contribution in [2.45, 2.75) is 19.2 Å². The number of morpholine rings is 1. The van der Waals surface area contributed by atoms with Crippen molar-refractivity contribution in [3.8, 4) is 6.07 Å². The van der Waals surface area contributed by atoms with E-state index in [4.69, 9.17) is 10.00 Å². The van der Waals surface area contributed by atoms with Gasteiger partial charge in [-0.2, -0.15) is 5.26 Å². The summed E-state index contributed by atoms with van der Waals surface area (Å²) in [6.45, 7) is 3.26. The number of carbonyl (C=O) groups is 1. The number of benzene rings is 2. The average molecular weight is 349 g/mol. The molecule has 1 atom stereocenters. The fourth-order valence-electron chi connectivity index (χ4n) is 3.17. The Morgan fingerprint density at radius 3 is 2.77 bits per heavy atom. The molecule has 2 aromatic rings. The Labute approximate surface area is 154 Å². The molecule has 0 spiro atoms. The van der Waals surface area contributed by atoms with Crippen LogP contribution in [0.15, 0.2) is 54.6 Å². The second kappa shape index (κ2) is 8.61. The monoisotopic (exact) mass is 349 g/mol. The van der Waals surface area contributed by atoms with Gasteiger partial charge in [0.1, 0.15) is 6.10 Å². The lowest BCUT2D eigenvalue weighted by Crippen LogP contribution is -2.49. The SMILES string of the molecule is CN(Cc1cccc(C#N)c1)C(=O)C1CN(Cc2ccccc2)CCO1. The largest absolute Gasteiger partial charge is 0.366 e. The second-order valence-electron chi connectivity index (χ2n) is 6.59. The molecule has 2 aromatic carbocycles. The Balaban J connectivity index is 1.58. The summed E-state index contributed by atoms with van der Waals surface area (Å²) < 4.78 is 5.73. The van der Waals surface area contributed by atoms with E-state index in [1.807, 2.05) is 36.4 Å². The van der Waals surface area contributed by atoms with E-state index < -0.39 is 6.10 Å². The van der Waals surface area contributed by atoms with Gasteiger partial charge in [0.05, 0.1) is 18.2 Å². The number of carbonyl (C=O) groups excluding carboxylic acids is 1. The number of nitrogens with zero attached hydrogens (tertiary/aromatic N) is 3. The number of nitriles is 1. The summed E-state index contributed by atoms with van der Waals surface area (Å²) in [4.78, 5) is 16.7. The summed E-state index contributed by atoms with van der Waals surface area (Å²) in [6.07, 6.45) is -0.448. The van der Waals surface area contributed by atoms with Crippen molar-refractivity contribution in [1.29, 1.82) is 5.26 Å². The second-order valence-corrected chi connectivity index (χ2v) is 6.59. The van der Waals surface area contributed by atoms with Crippen LogP contribution in [0.1, 0.15) is 16.7 Å². The van der Waals surface area contributed by atoms with Crippen LogP contribution in [0, 0.1) is 11.3 Å². The molecule has 1 aliphatic heterocycles. The molecule has 1 saturated heterocycles. The summed E-state index contributed by atoms with van der Waals surface area (Å²) >= 11 is 0. The molecule has 1 heterocycles. The van der Waals surface area contributed by atoms with Gasteiger partial charge in [-0.1, -0.05) is 42.5 Å². The molecule has 5 heteroatoms. The minimum absolute atomic E-state index is 0.0230. The van der Waals surface area contributed by atoms with Crippen LogP contribution in [-0.4, -0.2) is 48.6 Å². The van der Waals surface area contributed by atoms with E-state index in [0.29, 0.717) is 25.3 Å². The first-order valence-corrected chi connectivity index (χ1v) is 8.77. The fourth-order valence-corrected chi connectivity index (χ4v) is 3.17. The van der Waals surface area contributed by atoms with Gasteiger partial charge in [0.25, 0.3) is 5.91 Å². The first-order valence-electron chi connectivity index (χ1n) is 8.77. The molecule has 0 aromatic heterocycles. The Bertz CT molecular complexity index is 785. The highest BCUT2D eigenvalue weighted by atomic mass is 16.5. The van der Waals surface area contributed by atoms with Crippen LogP contribution in [0.4, 0.5) is 0 Å². The van der Waals surface area contributed by atoms with Gasteiger partial charge in [-0.15, -0.1) is 0 Å². The molecule has 0 radical (unpaired) electrons.